The van der Waals surface area contributed by atoms with Crippen molar-refractivity contribution in [3.05, 3.63) is 59.7 Å². The molecular formula is C19H21NO4. The SMILES string of the molecule is CCOC(=O)c1cccc(OCC(=O)Nc2cccc(CC)c2)c1. The van der Waals surface area contributed by atoms with Crippen molar-refractivity contribution in [1.82, 2.24) is 0 Å². The molecule has 0 unspecified atom stereocenters. The highest BCUT2D eigenvalue weighted by atomic mass is 16.5. The van der Waals surface area contributed by atoms with Gasteiger partial charge in [0, 0.05) is 5.69 Å². The zero-order valence-corrected chi connectivity index (χ0v) is 13.9. The third-order valence-corrected chi connectivity index (χ3v) is 3.33. The summed E-state index contributed by atoms with van der Waals surface area (Å²) >= 11 is 0. The quantitative estimate of drug-likeness (QED) is 0.791. The first-order valence-electron chi connectivity index (χ1n) is 7.91. The number of amides is 1. The van der Waals surface area contributed by atoms with Gasteiger partial charge in [0.25, 0.3) is 5.91 Å². The number of aryl methyl sites for hydroxylation is 1. The van der Waals surface area contributed by atoms with E-state index in [1.54, 1.807) is 31.2 Å². The van der Waals surface area contributed by atoms with Crippen molar-refractivity contribution in [3.8, 4) is 5.75 Å². The molecule has 2 aromatic carbocycles. The predicted octanol–water partition coefficient (Wildman–Crippen LogP) is 3.44. The normalized spacial score (nSPS) is 10.1. The van der Waals surface area contributed by atoms with Crippen LogP contribution in [0.1, 0.15) is 29.8 Å². The van der Waals surface area contributed by atoms with Crippen LogP contribution in [0.4, 0.5) is 5.69 Å². The second-order valence-corrected chi connectivity index (χ2v) is 5.14. The van der Waals surface area contributed by atoms with Crippen molar-refractivity contribution >= 4 is 17.6 Å². The Bertz CT molecular complexity index is 712. The van der Waals surface area contributed by atoms with Gasteiger partial charge in [0.2, 0.25) is 0 Å². The highest BCUT2D eigenvalue weighted by Gasteiger charge is 2.09. The topological polar surface area (TPSA) is 64.6 Å². The molecule has 2 aromatic rings. The number of hydrogen-bond acceptors (Lipinski definition) is 4. The number of benzene rings is 2. The van der Waals surface area contributed by atoms with Crippen LogP contribution in [0, 0.1) is 0 Å². The van der Waals surface area contributed by atoms with Crippen LogP contribution in [0.3, 0.4) is 0 Å². The Kier molecular flexibility index (Phi) is 6.37. The number of hydrogen-bond donors (Lipinski definition) is 1. The Morgan fingerprint density at radius 1 is 1.04 bits per heavy atom. The summed E-state index contributed by atoms with van der Waals surface area (Å²) in [5, 5.41) is 2.79. The second kappa shape index (κ2) is 8.72. The summed E-state index contributed by atoms with van der Waals surface area (Å²) in [6, 6.07) is 14.2. The van der Waals surface area contributed by atoms with Crippen LogP contribution in [-0.2, 0) is 16.0 Å². The van der Waals surface area contributed by atoms with Gasteiger partial charge in [0.05, 0.1) is 12.2 Å². The van der Waals surface area contributed by atoms with E-state index in [9.17, 15) is 9.59 Å². The Balaban J connectivity index is 1.91. The molecule has 0 aliphatic rings. The van der Waals surface area contributed by atoms with Gasteiger partial charge >= 0.3 is 5.97 Å². The summed E-state index contributed by atoms with van der Waals surface area (Å²) in [6.45, 7) is 3.97. The molecule has 2 rings (SSSR count). The lowest BCUT2D eigenvalue weighted by Gasteiger charge is -2.09. The van der Waals surface area contributed by atoms with E-state index in [1.165, 1.54) is 0 Å². The van der Waals surface area contributed by atoms with Crippen molar-refractivity contribution in [3.63, 3.8) is 0 Å². The molecule has 0 saturated heterocycles. The number of esters is 1. The fraction of sp³-hybridized carbons (Fsp3) is 0.263. The van der Waals surface area contributed by atoms with Gasteiger partial charge in [-0.3, -0.25) is 4.79 Å². The van der Waals surface area contributed by atoms with E-state index in [2.05, 4.69) is 12.2 Å². The third-order valence-electron chi connectivity index (χ3n) is 3.33. The number of nitrogens with one attached hydrogen (secondary N) is 1. The molecule has 0 aliphatic carbocycles. The van der Waals surface area contributed by atoms with E-state index in [4.69, 9.17) is 9.47 Å². The molecule has 5 heteroatoms. The highest BCUT2D eigenvalue weighted by molar-refractivity contribution is 5.92. The molecule has 5 nitrogen and oxygen atoms in total. The lowest BCUT2D eigenvalue weighted by Crippen LogP contribution is -2.20. The van der Waals surface area contributed by atoms with Crippen molar-refractivity contribution in [2.45, 2.75) is 20.3 Å². The van der Waals surface area contributed by atoms with Gasteiger partial charge in [0.15, 0.2) is 6.61 Å². The van der Waals surface area contributed by atoms with Gasteiger partial charge in [0.1, 0.15) is 5.75 Å². The minimum Gasteiger partial charge on any atom is -0.484 e. The lowest BCUT2D eigenvalue weighted by molar-refractivity contribution is -0.118. The Morgan fingerprint density at radius 3 is 2.58 bits per heavy atom. The Morgan fingerprint density at radius 2 is 1.83 bits per heavy atom. The van der Waals surface area contributed by atoms with Gasteiger partial charge in [-0.15, -0.1) is 0 Å². The van der Waals surface area contributed by atoms with Crippen LogP contribution in [0.15, 0.2) is 48.5 Å². The summed E-state index contributed by atoms with van der Waals surface area (Å²) in [4.78, 5) is 23.7. The van der Waals surface area contributed by atoms with Crippen LogP contribution in [0.5, 0.6) is 5.75 Å². The first-order valence-corrected chi connectivity index (χ1v) is 7.91. The van der Waals surface area contributed by atoms with Crippen molar-refractivity contribution in [2.24, 2.45) is 0 Å². The van der Waals surface area contributed by atoms with Crippen molar-refractivity contribution in [1.29, 1.82) is 0 Å². The molecule has 0 heterocycles. The third kappa shape index (κ3) is 5.12. The largest absolute Gasteiger partial charge is 0.484 e. The maximum Gasteiger partial charge on any atom is 0.338 e. The average molecular weight is 327 g/mol. The monoisotopic (exact) mass is 327 g/mol. The molecule has 24 heavy (non-hydrogen) atoms. The molecule has 0 fully saturated rings. The minimum absolute atomic E-state index is 0.136. The molecule has 0 radical (unpaired) electrons. The fourth-order valence-electron chi connectivity index (χ4n) is 2.14. The molecule has 0 spiro atoms. The molecule has 0 bridgehead atoms. The smallest absolute Gasteiger partial charge is 0.338 e. The number of ether oxygens (including phenoxy) is 2. The minimum atomic E-state index is -0.413. The predicted molar refractivity (Wildman–Crippen MR) is 92.3 cm³/mol. The van der Waals surface area contributed by atoms with Crippen LogP contribution in [0.25, 0.3) is 0 Å². The first-order chi connectivity index (χ1) is 11.6. The number of carbonyl (C=O) groups is 2. The molecule has 0 atom stereocenters. The summed E-state index contributed by atoms with van der Waals surface area (Å²) < 4.78 is 10.4. The summed E-state index contributed by atoms with van der Waals surface area (Å²) in [5.74, 6) is -0.230. The van der Waals surface area contributed by atoms with E-state index < -0.39 is 5.97 Å². The van der Waals surface area contributed by atoms with Crippen molar-refractivity contribution in [2.75, 3.05) is 18.5 Å². The Labute approximate surface area is 141 Å². The molecule has 0 saturated carbocycles. The van der Waals surface area contributed by atoms with Gasteiger partial charge in [-0.25, -0.2) is 4.79 Å². The van der Waals surface area contributed by atoms with E-state index >= 15 is 0 Å². The van der Waals surface area contributed by atoms with E-state index in [0.717, 1.165) is 17.7 Å². The first kappa shape index (κ1) is 17.5. The van der Waals surface area contributed by atoms with Gasteiger partial charge in [-0.05, 0) is 49.2 Å². The summed E-state index contributed by atoms with van der Waals surface area (Å²) in [6.07, 6.45) is 0.904. The van der Waals surface area contributed by atoms with E-state index in [1.807, 2.05) is 24.3 Å². The molecule has 126 valence electrons. The van der Waals surface area contributed by atoms with Gasteiger partial charge in [-0.2, -0.15) is 0 Å². The zero-order valence-electron chi connectivity index (χ0n) is 13.9. The fourth-order valence-corrected chi connectivity index (χ4v) is 2.14. The highest BCUT2D eigenvalue weighted by Crippen LogP contribution is 2.15. The van der Waals surface area contributed by atoms with Crippen LogP contribution in [-0.4, -0.2) is 25.1 Å². The van der Waals surface area contributed by atoms with Crippen LogP contribution in [0.2, 0.25) is 0 Å². The number of anilines is 1. The lowest BCUT2D eigenvalue weighted by atomic mass is 10.1. The van der Waals surface area contributed by atoms with Gasteiger partial charge < -0.3 is 14.8 Å². The molecule has 1 N–H and O–H groups in total. The average Bonchev–Trinajstić information content (AvgIpc) is 2.60. The van der Waals surface area contributed by atoms with Crippen molar-refractivity contribution < 1.29 is 19.1 Å². The molecule has 1 amide bonds. The molecule has 0 aromatic heterocycles. The maximum absolute atomic E-state index is 12.0. The van der Waals surface area contributed by atoms with E-state index in [-0.39, 0.29) is 12.5 Å². The summed E-state index contributed by atoms with van der Waals surface area (Å²) in [5.41, 5.74) is 2.28. The molecular weight excluding hydrogens is 306 g/mol. The van der Waals surface area contributed by atoms with Crippen LogP contribution < -0.4 is 10.1 Å². The van der Waals surface area contributed by atoms with Crippen LogP contribution >= 0.6 is 0 Å². The number of rotatable bonds is 7. The van der Waals surface area contributed by atoms with Gasteiger partial charge in [-0.1, -0.05) is 25.1 Å². The number of carbonyl (C=O) groups excluding carboxylic acids is 2. The molecule has 0 aliphatic heterocycles. The zero-order chi connectivity index (χ0) is 17.4. The van der Waals surface area contributed by atoms with E-state index in [0.29, 0.717) is 17.9 Å². The second-order valence-electron chi connectivity index (χ2n) is 5.14. The maximum atomic E-state index is 12.0. The summed E-state index contributed by atoms with van der Waals surface area (Å²) in [7, 11) is 0. The Hall–Kier alpha value is -2.82. The standard InChI is InChI=1S/C19H21NO4/c1-3-14-7-5-9-16(11-14)20-18(21)13-24-17-10-6-8-15(12-17)19(22)23-4-2/h5-12H,3-4,13H2,1-2H3,(H,20,21).